The number of piperidine rings is 2. The number of anilines is 6. The number of piperazine rings is 1. The highest BCUT2D eigenvalue weighted by Gasteiger charge is 2.33. The molecule has 1 unspecified atom stereocenters. The monoisotopic (exact) mass is 852 g/mol. The highest BCUT2D eigenvalue weighted by atomic mass is 32.2. The number of halogens is 2. The molecular weight excluding hydrogens is 807 g/mol. The van der Waals surface area contributed by atoms with Crippen LogP contribution in [0.4, 0.5) is 43.3 Å². The summed E-state index contributed by atoms with van der Waals surface area (Å²) in [6, 6.07) is 17.3. The third-order valence-electron chi connectivity index (χ3n) is 12.2. The molecule has 6 heterocycles. The normalized spacial score (nSPS) is 19.0. The van der Waals surface area contributed by atoms with E-state index in [2.05, 4.69) is 35.7 Å². The van der Waals surface area contributed by atoms with Gasteiger partial charge in [-0.05, 0) is 73.2 Å². The minimum absolute atomic E-state index is 0.0573. The highest BCUT2D eigenvalue weighted by molar-refractivity contribution is 7.92. The molecule has 18 heteroatoms. The summed E-state index contributed by atoms with van der Waals surface area (Å²) in [5.74, 6) is -1.89. The standard InChI is InChI=1S/C43H46F2N10O5S/c1-61(59,60)55-18-12-27-3-2-4-35(39(27)55)48-41-32-11-15-46-40(32)50-43(51-41)47-28-6-9-36(34(45)25-28)53-16-13-29(14-17-53)52-19-21-54(22-20-52)38(57)24-26-5-7-30(33(44)23-26)31-8-10-37(56)49-42(31)58/h2-7,9,11,15,23,25,29,31H,8,10,12-14,16-22,24H2,1H3,(H,49,56,58)(H3,46,47,48,50,51). The van der Waals surface area contributed by atoms with Gasteiger partial charge in [-0.2, -0.15) is 9.97 Å². The van der Waals surface area contributed by atoms with E-state index in [9.17, 15) is 22.8 Å². The molecule has 15 nitrogen and oxygen atoms in total. The lowest BCUT2D eigenvalue weighted by Gasteiger charge is -2.43. The van der Waals surface area contributed by atoms with Crippen LogP contribution in [0.3, 0.4) is 0 Å². The van der Waals surface area contributed by atoms with Crippen LogP contribution in [0.5, 0.6) is 0 Å². The number of nitrogens with zero attached hydrogens (tertiary/aromatic N) is 6. The van der Waals surface area contributed by atoms with E-state index >= 15 is 8.78 Å². The lowest BCUT2D eigenvalue weighted by molar-refractivity contribution is -0.134. The lowest BCUT2D eigenvalue weighted by atomic mass is 9.89. The molecule has 4 N–H and O–H groups in total. The maximum absolute atomic E-state index is 15.8. The van der Waals surface area contributed by atoms with Crippen molar-refractivity contribution in [3.05, 3.63) is 95.2 Å². The number of sulfonamides is 1. The predicted octanol–water partition coefficient (Wildman–Crippen LogP) is 4.92. The van der Waals surface area contributed by atoms with Crippen molar-refractivity contribution in [2.45, 2.75) is 50.5 Å². The van der Waals surface area contributed by atoms with Gasteiger partial charge in [-0.1, -0.05) is 24.3 Å². The van der Waals surface area contributed by atoms with E-state index in [1.165, 1.54) is 22.7 Å². The van der Waals surface area contributed by atoms with Gasteiger partial charge >= 0.3 is 0 Å². The Labute approximate surface area is 351 Å². The Hall–Kier alpha value is -6.14. The van der Waals surface area contributed by atoms with Gasteiger partial charge in [-0.3, -0.25) is 28.9 Å². The second-order valence-corrected chi connectivity index (χ2v) is 18.0. The van der Waals surface area contributed by atoms with Crippen molar-refractivity contribution in [1.29, 1.82) is 0 Å². The van der Waals surface area contributed by atoms with Crippen molar-refractivity contribution < 1.29 is 31.6 Å². The number of nitrogens with one attached hydrogen (secondary N) is 4. The van der Waals surface area contributed by atoms with Gasteiger partial charge in [0.1, 0.15) is 23.1 Å². The fraction of sp³-hybridized carbons (Fsp3) is 0.372. The molecule has 3 aromatic carbocycles. The zero-order valence-electron chi connectivity index (χ0n) is 33.6. The summed E-state index contributed by atoms with van der Waals surface area (Å²) < 4.78 is 57.4. The van der Waals surface area contributed by atoms with Crippen molar-refractivity contribution in [2.75, 3.05) is 71.9 Å². The van der Waals surface area contributed by atoms with Crippen LogP contribution >= 0.6 is 0 Å². The van der Waals surface area contributed by atoms with Crippen LogP contribution in [0.2, 0.25) is 0 Å². The molecule has 3 fully saturated rings. The summed E-state index contributed by atoms with van der Waals surface area (Å²) in [7, 11) is -3.49. The molecule has 0 saturated carbocycles. The van der Waals surface area contributed by atoms with Gasteiger partial charge < -0.3 is 25.4 Å². The molecule has 61 heavy (non-hydrogen) atoms. The number of carbonyl (C=O) groups is 3. The van der Waals surface area contributed by atoms with E-state index < -0.39 is 27.7 Å². The minimum Gasteiger partial charge on any atom is -0.369 e. The first-order chi connectivity index (χ1) is 29.4. The largest absolute Gasteiger partial charge is 0.369 e. The van der Waals surface area contributed by atoms with E-state index in [0.29, 0.717) is 103 Å². The number of aromatic nitrogens is 3. The fourth-order valence-corrected chi connectivity index (χ4v) is 10.1. The number of carbonyl (C=O) groups excluding carboxylic acids is 3. The number of benzene rings is 3. The Bertz CT molecular complexity index is 2640. The highest BCUT2D eigenvalue weighted by Crippen LogP contribution is 2.39. The van der Waals surface area contributed by atoms with Gasteiger partial charge in [-0.15, -0.1) is 0 Å². The Balaban J connectivity index is 0.782. The van der Waals surface area contributed by atoms with Crippen molar-refractivity contribution >= 4 is 73.3 Å². The van der Waals surface area contributed by atoms with E-state index in [1.54, 1.807) is 30.5 Å². The Morgan fingerprint density at radius 1 is 0.869 bits per heavy atom. The molecule has 5 aromatic rings. The van der Waals surface area contributed by atoms with Crippen LogP contribution in [0.25, 0.3) is 11.0 Å². The zero-order chi connectivity index (χ0) is 42.4. The van der Waals surface area contributed by atoms with Crippen LogP contribution in [0.1, 0.15) is 48.3 Å². The number of rotatable bonds is 10. The third kappa shape index (κ3) is 8.33. The van der Waals surface area contributed by atoms with E-state index in [4.69, 9.17) is 4.98 Å². The molecule has 9 rings (SSSR count). The van der Waals surface area contributed by atoms with Crippen LogP contribution < -0.4 is 25.2 Å². The van der Waals surface area contributed by atoms with Gasteiger partial charge in [-0.25, -0.2) is 17.2 Å². The zero-order valence-corrected chi connectivity index (χ0v) is 34.4. The summed E-state index contributed by atoms with van der Waals surface area (Å²) in [5.41, 5.74) is 4.43. The quantitative estimate of drug-likeness (QED) is 0.140. The number of amides is 3. The van der Waals surface area contributed by atoms with Gasteiger partial charge in [0.2, 0.25) is 33.7 Å². The fourth-order valence-electron chi connectivity index (χ4n) is 9.09. The van der Waals surface area contributed by atoms with Crippen LogP contribution in [-0.4, -0.2) is 109 Å². The second-order valence-electron chi connectivity index (χ2n) is 16.1. The number of hydrogen-bond acceptors (Lipinski definition) is 11. The molecule has 1 atom stereocenters. The molecule has 4 aliphatic rings. The number of imide groups is 1. The molecule has 0 bridgehead atoms. The predicted molar refractivity (Wildman–Crippen MR) is 228 cm³/mol. The molecule has 0 spiro atoms. The Kier molecular flexibility index (Phi) is 10.8. The number of fused-ring (bicyclic) bond motifs is 2. The van der Waals surface area contributed by atoms with Crippen molar-refractivity contribution in [3.63, 3.8) is 0 Å². The Morgan fingerprint density at radius 2 is 1.67 bits per heavy atom. The molecule has 2 aromatic heterocycles. The average molecular weight is 853 g/mol. The SMILES string of the molecule is CS(=O)(=O)N1CCc2cccc(Nc3nc(Nc4ccc(N5CCC(N6CCN(C(=O)Cc7ccc(C8CCC(=O)NC8=O)c(F)c7)CC6)CC5)c(F)c4)nc4[nH]ccc34)c21. The number of hydrogen-bond donors (Lipinski definition) is 4. The first-order valence-corrected chi connectivity index (χ1v) is 22.4. The summed E-state index contributed by atoms with van der Waals surface area (Å²) in [6.45, 7) is 4.28. The van der Waals surface area contributed by atoms with E-state index in [0.717, 1.165) is 18.4 Å². The molecular formula is C43H46F2N10O5S. The van der Waals surface area contributed by atoms with Crippen molar-refractivity contribution in [1.82, 2.24) is 30.1 Å². The molecule has 318 valence electrons. The number of para-hydroxylation sites is 1. The van der Waals surface area contributed by atoms with Gasteiger partial charge in [0.05, 0.1) is 41.0 Å². The topological polar surface area (TPSA) is 176 Å². The van der Waals surface area contributed by atoms with Crippen LogP contribution in [0.15, 0.2) is 66.9 Å². The van der Waals surface area contributed by atoms with E-state index in [1.807, 2.05) is 29.2 Å². The van der Waals surface area contributed by atoms with Gasteiger partial charge in [0, 0.05) is 75.7 Å². The third-order valence-corrected chi connectivity index (χ3v) is 13.4. The van der Waals surface area contributed by atoms with Crippen molar-refractivity contribution in [2.24, 2.45) is 0 Å². The van der Waals surface area contributed by atoms with Crippen LogP contribution in [0, 0.1) is 11.6 Å². The summed E-state index contributed by atoms with van der Waals surface area (Å²) >= 11 is 0. The lowest BCUT2D eigenvalue weighted by Crippen LogP contribution is -2.54. The van der Waals surface area contributed by atoms with E-state index in [-0.39, 0.29) is 48.4 Å². The second kappa shape index (κ2) is 16.4. The number of H-pyrrole nitrogens is 1. The average Bonchev–Trinajstić information content (AvgIpc) is 3.91. The molecule has 0 radical (unpaired) electrons. The Morgan fingerprint density at radius 3 is 2.41 bits per heavy atom. The van der Waals surface area contributed by atoms with Crippen LogP contribution in [-0.2, 0) is 37.2 Å². The molecule has 4 aliphatic heterocycles. The first kappa shape index (κ1) is 40.3. The maximum atomic E-state index is 15.8. The molecule has 3 saturated heterocycles. The van der Waals surface area contributed by atoms with Crippen molar-refractivity contribution in [3.8, 4) is 0 Å². The summed E-state index contributed by atoms with van der Waals surface area (Å²) in [4.78, 5) is 55.6. The number of aromatic amines is 1. The smallest absolute Gasteiger partial charge is 0.234 e. The van der Waals surface area contributed by atoms with Gasteiger partial charge in [0.15, 0.2) is 0 Å². The van der Waals surface area contributed by atoms with Gasteiger partial charge in [0.25, 0.3) is 0 Å². The molecule has 3 amide bonds. The summed E-state index contributed by atoms with van der Waals surface area (Å²) in [5, 5.41) is 9.45. The molecule has 0 aliphatic carbocycles. The maximum Gasteiger partial charge on any atom is 0.234 e. The first-order valence-electron chi connectivity index (χ1n) is 20.5. The summed E-state index contributed by atoms with van der Waals surface area (Å²) in [6.07, 6.45) is 5.71. The minimum atomic E-state index is -3.49.